The van der Waals surface area contributed by atoms with E-state index in [-0.39, 0.29) is 24.0 Å². The summed E-state index contributed by atoms with van der Waals surface area (Å²) in [7, 11) is -2.13. The minimum absolute atomic E-state index is 0.189. The predicted molar refractivity (Wildman–Crippen MR) is 121 cm³/mol. The van der Waals surface area contributed by atoms with E-state index in [1.54, 1.807) is 43.5 Å². The fraction of sp³-hybridized carbons (Fsp3) is 0.240. The molecule has 1 fully saturated rings. The van der Waals surface area contributed by atoms with E-state index in [1.165, 1.54) is 16.4 Å². The summed E-state index contributed by atoms with van der Waals surface area (Å²) in [5, 5.41) is 0. The molecule has 0 unspecified atom stereocenters. The molecule has 170 valence electrons. The highest BCUT2D eigenvalue weighted by Crippen LogP contribution is 2.44. The smallest absolute Gasteiger partial charge is 0.339 e. The van der Waals surface area contributed by atoms with Gasteiger partial charge < -0.3 is 14.2 Å². The molecule has 1 saturated heterocycles. The van der Waals surface area contributed by atoms with Gasteiger partial charge in [0.25, 0.3) is 0 Å². The molecule has 1 spiro atoms. The fourth-order valence-corrected chi connectivity index (χ4v) is 5.91. The number of carbonyl (C=O) groups is 1. The first-order valence-electron chi connectivity index (χ1n) is 10.7. The van der Waals surface area contributed by atoms with Crippen molar-refractivity contribution in [1.29, 1.82) is 0 Å². The van der Waals surface area contributed by atoms with Crippen LogP contribution in [-0.2, 0) is 20.4 Å². The zero-order valence-corrected chi connectivity index (χ0v) is 18.9. The van der Waals surface area contributed by atoms with Crippen molar-refractivity contribution in [3.8, 4) is 17.2 Å². The van der Waals surface area contributed by atoms with Crippen LogP contribution in [0.3, 0.4) is 0 Å². The molecule has 8 heteroatoms. The molecule has 0 atom stereocenters. The zero-order valence-electron chi connectivity index (χ0n) is 18.1. The van der Waals surface area contributed by atoms with E-state index in [0.717, 1.165) is 5.56 Å². The Balaban J connectivity index is 1.31. The summed E-state index contributed by atoms with van der Waals surface area (Å²) in [6.07, 6.45) is 0.841. The van der Waals surface area contributed by atoms with Crippen LogP contribution >= 0.6 is 0 Å². The molecule has 0 aliphatic carbocycles. The highest BCUT2D eigenvalue weighted by atomic mass is 32.2. The van der Waals surface area contributed by atoms with Crippen LogP contribution in [0, 0.1) is 0 Å². The number of esters is 1. The number of piperidine rings is 1. The number of sulfonamides is 1. The molecule has 5 rings (SSSR count). The normalized spacial score (nSPS) is 17.4. The summed E-state index contributed by atoms with van der Waals surface area (Å²) in [6.45, 7) is 0.535. The van der Waals surface area contributed by atoms with E-state index < -0.39 is 15.6 Å². The van der Waals surface area contributed by atoms with Crippen LogP contribution in [0.15, 0.2) is 77.7 Å². The molecule has 2 heterocycles. The van der Waals surface area contributed by atoms with E-state index in [9.17, 15) is 13.2 Å². The van der Waals surface area contributed by atoms with Gasteiger partial charge in [0.05, 0.1) is 17.6 Å². The lowest BCUT2D eigenvalue weighted by Gasteiger charge is -2.37. The van der Waals surface area contributed by atoms with Crippen molar-refractivity contribution in [2.45, 2.75) is 23.3 Å². The summed E-state index contributed by atoms with van der Waals surface area (Å²) >= 11 is 0. The molecular formula is C25H23NO6S. The van der Waals surface area contributed by atoms with Gasteiger partial charge in [0.2, 0.25) is 10.0 Å². The number of ether oxygens (including phenoxy) is 3. The van der Waals surface area contributed by atoms with E-state index in [4.69, 9.17) is 14.2 Å². The highest BCUT2D eigenvalue weighted by Gasteiger charge is 2.48. The summed E-state index contributed by atoms with van der Waals surface area (Å²) in [4.78, 5) is 12.5. The molecule has 7 nitrogen and oxygen atoms in total. The van der Waals surface area contributed by atoms with Crippen molar-refractivity contribution < 1.29 is 27.4 Å². The van der Waals surface area contributed by atoms with Crippen LogP contribution in [0.2, 0.25) is 0 Å². The molecule has 0 bridgehead atoms. The monoisotopic (exact) mass is 465 g/mol. The average Bonchev–Trinajstić information content (AvgIpc) is 3.11. The second kappa shape index (κ2) is 8.20. The standard InChI is InChI=1S/C25H23NO6S/c1-30-22-8-4-5-9-23(22)31-18-10-12-19(13-11-18)33(28,29)26-16-14-25(15-17-26)21-7-3-2-6-20(21)24(27)32-25/h2-13H,14-17H2,1H3. The number of nitrogens with zero attached hydrogens (tertiary/aromatic N) is 1. The molecule has 0 aromatic heterocycles. The number of hydrogen-bond donors (Lipinski definition) is 0. The Labute approximate surface area is 192 Å². The average molecular weight is 466 g/mol. The summed E-state index contributed by atoms with van der Waals surface area (Å²) in [5.41, 5.74) is 0.677. The van der Waals surface area contributed by atoms with E-state index >= 15 is 0 Å². The maximum atomic E-state index is 13.2. The van der Waals surface area contributed by atoms with Gasteiger partial charge in [-0.1, -0.05) is 30.3 Å². The lowest BCUT2D eigenvalue weighted by Crippen LogP contribution is -2.45. The second-order valence-electron chi connectivity index (χ2n) is 8.06. The lowest BCUT2D eigenvalue weighted by molar-refractivity contribution is -0.0329. The van der Waals surface area contributed by atoms with E-state index in [2.05, 4.69) is 0 Å². The molecule has 33 heavy (non-hydrogen) atoms. The Bertz CT molecular complexity index is 1290. The first kappa shape index (κ1) is 21.5. The predicted octanol–water partition coefficient (Wildman–Crippen LogP) is 4.34. The number of rotatable bonds is 5. The van der Waals surface area contributed by atoms with Gasteiger partial charge in [-0.2, -0.15) is 4.31 Å². The Morgan fingerprint density at radius 3 is 2.21 bits per heavy atom. The topological polar surface area (TPSA) is 82.1 Å². The van der Waals surface area contributed by atoms with Gasteiger partial charge in [-0.3, -0.25) is 0 Å². The lowest BCUT2D eigenvalue weighted by atomic mass is 9.84. The molecule has 3 aromatic rings. The van der Waals surface area contributed by atoms with Crippen molar-refractivity contribution in [2.24, 2.45) is 0 Å². The fourth-order valence-electron chi connectivity index (χ4n) is 4.46. The highest BCUT2D eigenvalue weighted by molar-refractivity contribution is 7.89. The molecule has 3 aromatic carbocycles. The van der Waals surface area contributed by atoms with Gasteiger partial charge in [0.1, 0.15) is 11.4 Å². The number of carbonyl (C=O) groups excluding carboxylic acids is 1. The van der Waals surface area contributed by atoms with Crippen LogP contribution in [0.1, 0.15) is 28.8 Å². The Morgan fingerprint density at radius 2 is 1.52 bits per heavy atom. The third-order valence-electron chi connectivity index (χ3n) is 6.21. The summed E-state index contributed by atoms with van der Waals surface area (Å²) in [6, 6.07) is 20.9. The number of fused-ring (bicyclic) bond motifs is 2. The van der Waals surface area contributed by atoms with Crippen molar-refractivity contribution in [3.05, 3.63) is 83.9 Å². The minimum Gasteiger partial charge on any atom is -0.493 e. The van der Waals surface area contributed by atoms with Crippen molar-refractivity contribution in [2.75, 3.05) is 20.2 Å². The molecular weight excluding hydrogens is 442 g/mol. The van der Waals surface area contributed by atoms with Crippen molar-refractivity contribution >= 4 is 16.0 Å². The quantitative estimate of drug-likeness (QED) is 0.522. The Kier molecular flexibility index (Phi) is 5.34. The van der Waals surface area contributed by atoms with Crippen LogP contribution in [-0.4, -0.2) is 38.9 Å². The van der Waals surface area contributed by atoms with Gasteiger partial charge >= 0.3 is 5.97 Å². The van der Waals surface area contributed by atoms with Crippen LogP contribution in [0.5, 0.6) is 17.2 Å². The van der Waals surface area contributed by atoms with Crippen molar-refractivity contribution in [1.82, 2.24) is 4.31 Å². The maximum absolute atomic E-state index is 13.2. The summed E-state index contributed by atoms with van der Waals surface area (Å²) < 4.78 is 44.8. The Hall–Kier alpha value is -3.36. The largest absolute Gasteiger partial charge is 0.493 e. The maximum Gasteiger partial charge on any atom is 0.339 e. The van der Waals surface area contributed by atoms with E-state index in [1.807, 2.05) is 24.3 Å². The van der Waals surface area contributed by atoms with Gasteiger partial charge in [-0.15, -0.1) is 0 Å². The third kappa shape index (κ3) is 3.75. The molecule has 0 saturated carbocycles. The van der Waals surface area contributed by atoms with Crippen LogP contribution in [0.4, 0.5) is 0 Å². The molecule has 2 aliphatic rings. The van der Waals surface area contributed by atoms with Gasteiger partial charge in [-0.25, -0.2) is 13.2 Å². The van der Waals surface area contributed by atoms with Crippen LogP contribution < -0.4 is 9.47 Å². The Morgan fingerprint density at radius 1 is 0.879 bits per heavy atom. The zero-order chi connectivity index (χ0) is 23.1. The molecule has 0 amide bonds. The van der Waals surface area contributed by atoms with Gasteiger partial charge in [-0.05, 0) is 42.5 Å². The molecule has 2 aliphatic heterocycles. The number of methoxy groups -OCH3 is 1. The number of benzene rings is 3. The van der Waals surface area contributed by atoms with Crippen molar-refractivity contribution in [3.63, 3.8) is 0 Å². The molecule has 0 radical (unpaired) electrons. The number of hydrogen-bond acceptors (Lipinski definition) is 6. The number of para-hydroxylation sites is 2. The van der Waals surface area contributed by atoms with E-state index in [0.29, 0.717) is 35.7 Å². The van der Waals surface area contributed by atoms with Crippen LogP contribution in [0.25, 0.3) is 0 Å². The van der Waals surface area contributed by atoms with Gasteiger partial charge in [0, 0.05) is 31.5 Å². The third-order valence-corrected chi connectivity index (χ3v) is 8.13. The first-order chi connectivity index (χ1) is 15.9. The SMILES string of the molecule is COc1ccccc1Oc1ccc(S(=O)(=O)N2CCC3(CC2)OC(=O)c2ccccc23)cc1. The first-order valence-corrected chi connectivity index (χ1v) is 12.1. The second-order valence-corrected chi connectivity index (χ2v) is 10.00. The minimum atomic E-state index is -3.69. The van der Waals surface area contributed by atoms with Gasteiger partial charge in [0.15, 0.2) is 11.5 Å². The summed E-state index contributed by atoms with van der Waals surface area (Å²) in [5.74, 6) is 1.30. The molecule has 0 N–H and O–H groups in total.